The quantitative estimate of drug-likeness (QED) is 0.217. The molecule has 1 aromatic rings. The van der Waals surface area contributed by atoms with Crippen LogP contribution in [0, 0.1) is 6.92 Å². The molecule has 2 rings (SSSR count). The summed E-state index contributed by atoms with van der Waals surface area (Å²) in [5.74, 6) is 0. The van der Waals surface area contributed by atoms with Crippen molar-refractivity contribution >= 4 is 0 Å². The van der Waals surface area contributed by atoms with E-state index in [-0.39, 0.29) is 0 Å². The van der Waals surface area contributed by atoms with Gasteiger partial charge in [0.25, 0.3) is 0 Å². The zero-order chi connectivity index (χ0) is 22.2. The Morgan fingerprint density at radius 1 is 0.645 bits per heavy atom. The summed E-state index contributed by atoms with van der Waals surface area (Å²) in [7, 11) is 0. The van der Waals surface area contributed by atoms with E-state index < -0.39 is 0 Å². The highest BCUT2D eigenvalue weighted by molar-refractivity contribution is 5.36. The molecule has 0 atom stereocenters. The maximum absolute atomic E-state index is 2.60. The molecule has 178 valence electrons. The fraction of sp³-hybridized carbons (Fsp3) is 0.806. The van der Waals surface area contributed by atoms with E-state index in [4.69, 9.17) is 0 Å². The highest BCUT2D eigenvalue weighted by Gasteiger charge is 2.33. The Morgan fingerprint density at radius 2 is 1.19 bits per heavy atom. The molecule has 0 spiro atoms. The third-order valence-corrected chi connectivity index (χ3v) is 8.07. The summed E-state index contributed by atoms with van der Waals surface area (Å²) in [4.78, 5) is 0. The number of rotatable bonds is 17. The number of aryl methyl sites for hydroxylation is 2. The molecule has 1 aromatic carbocycles. The lowest BCUT2D eigenvalue weighted by Crippen LogP contribution is -2.29. The molecule has 1 aliphatic carbocycles. The van der Waals surface area contributed by atoms with E-state index in [1.54, 1.807) is 16.7 Å². The van der Waals surface area contributed by atoms with Gasteiger partial charge in [-0.3, -0.25) is 0 Å². The van der Waals surface area contributed by atoms with Gasteiger partial charge in [0.05, 0.1) is 0 Å². The topological polar surface area (TPSA) is 0 Å². The average Bonchev–Trinajstić information content (AvgIpc) is 2.79. The van der Waals surface area contributed by atoms with E-state index in [9.17, 15) is 0 Å². The lowest BCUT2D eigenvalue weighted by molar-refractivity contribution is 0.265. The van der Waals surface area contributed by atoms with Crippen molar-refractivity contribution in [3.05, 3.63) is 34.9 Å². The predicted molar refractivity (Wildman–Crippen MR) is 140 cm³/mol. The van der Waals surface area contributed by atoms with Gasteiger partial charge >= 0.3 is 0 Å². The summed E-state index contributed by atoms with van der Waals surface area (Å²) < 4.78 is 0. The maximum atomic E-state index is 2.60. The van der Waals surface area contributed by atoms with Crippen molar-refractivity contribution in [2.75, 3.05) is 0 Å². The molecule has 1 fully saturated rings. The van der Waals surface area contributed by atoms with Crippen LogP contribution in [0.5, 0.6) is 0 Å². The van der Waals surface area contributed by atoms with Crippen LogP contribution in [0.2, 0.25) is 0 Å². The van der Waals surface area contributed by atoms with Crippen molar-refractivity contribution in [3.8, 4) is 0 Å². The number of hydrogen-bond donors (Lipinski definition) is 0. The molecule has 0 heterocycles. The number of unbranched alkanes of at least 4 members (excludes halogenated alkanes) is 12. The first-order valence-corrected chi connectivity index (χ1v) is 14.3. The lowest BCUT2D eigenvalue weighted by Gasteiger charge is -2.38. The van der Waals surface area contributed by atoms with Crippen molar-refractivity contribution < 1.29 is 0 Å². The first-order valence-electron chi connectivity index (χ1n) is 14.3. The molecule has 0 aromatic heterocycles. The Bertz CT molecular complexity index is 563. The highest BCUT2D eigenvalue weighted by atomic mass is 14.4. The van der Waals surface area contributed by atoms with Crippen molar-refractivity contribution in [3.63, 3.8) is 0 Å². The normalized spacial score (nSPS) is 16.0. The second kappa shape index (κ2) is 15.9. The zero-order valence-electron chi connectivity index (χ0n) is 21.6. The van der Waals surface area contributed by atoms with Crippen LogP contribution in [0.15, 0.2) is 18.2 Å². The van der Waals surface area contributed by atoms with Crippen LogP contribution in [0.3, 0.4) is 0 Å². The maximum Gasteiger partial charge on any atom is -0.00469 e. The molecule has 0 saturated heterocycles. The SMILES string of the molecule is CCCCCCCCCc1ccc(C2(CCCCCCCCC)CCCCC2)cc1C. The van der Waals surface area contributed by atoms with Gasteiger partial charge in [-0.25, -0.2) is 0 Å². The van der Waals surface area contributed by atoms with Crippen LogP contribution >= 0.6 is 0 Å². The smallest absolute Gasteiger partial charge is 0.00469 e. The Labute approximate surface area is 196 Å². The molecular formula is C31H54. The number of hydrogen-bond acceptors (Lipinski definition) is 0. The van der Waals surface area contributed by atoms with Crippen LogP contribution in [0.1, 0.15) is 159 Å². The van der Waals surface area contributed by atoms with Crippen molar-refractivity contribution in [2.24, 2.45) is 0 Å². The van der Waals surface area contributed by atoms with Gasteiger partial charge in [-0.15, -0.1) is 0 Å². The summed E-state index contributed by atoms with van der Waals surface area (Å²) in [6.45, 7) is 7.00. The third kappa shape index (κ3) is 9.71. The van der Waals surface area contributed by atoms with Crippen LogP contribution < -0.4 is 0 Å². The van der Waals surface area contributed by atoms with Gasteiger partial charge in [0.2, 0.25) is 0 Å². The monoisotopic (exact) mass is 426 g/mol. The molecule has 1 saturated carbocycles. The Balaban J connectivity index is 1.84. The van der Waals surface area contributed by atoms with Gasteiger partial charge in [0, 0.05) is 0 Å². The third-order valence-electron chi connectivity index (χ3n) is 8.07. The van der Waals surface area contributed by atoms with Gasteiger partial charge in [0.15, 0.2) is 0 Å². The summed E-state index contributed by atoms with van der Waals surface area (Å²) in [5.41, 5.74) is 5.34. The van der Waals surface area contributed by atoms with Crippen LogP contribution in [0.25, 0.3) is 0 Å². The van der Waals surface area contributed by atoms with E-state index in [0.717, 1.165) is 0 Å². The van der Waals surface area contributed by atoms with E-state index in [2.05, 4.69) is 39.0 Å². The Hall–Kier alpha value is -0.780. The van der Waals surface area contributed by atoms with Gasteiger partial charge in [-0.05, 0) is 61.1 Å². The van der Waals surface area contributed by atoms with Gasteiger partial charge in [0.1, 0.15) is 0 Å². The molecule has 0 heteroatoms. The fourth-order valence-electron chi connectivity index (χ4n) is 5.91. The Morgan fingerprint density at radius 3 is 1.77 bits per heavy atom. The molecule has 0 aliphatic heterocycles. The molecule has 0 nitrogen and oxygen atoms in total. The first-order chi connectivity index (χ1) is 15.2. The average molecular weight is 427 g/mol. The second-order valence-corrected chi connectivity index (χ2v) is 10.7. The highest BCUT2D eigenvalue weighted by Crippen LogP contribution is 2.44. The molecule has 0 N–H and O–H groups in total. The van der Waals surface area contributed by atoms with Crippen LogP contribution in [-0.2, 0) is 11.8 Å². The molecule has 0 unspecified atom stereocenters. The minimum atomic E-state index is 0.490. The van der Waals surface area contributed by atoms with E-state index in [1.807, 2.05) is 0 Å². The van der Waals surface area contributed by atoms with Crippen molar-refractivity contribution in [1.82, 2.24) is 0 Å². The molecule has 0 amide bonds. The molecule has 31 heavy (non-hydrogen) atoms. The molecular weight excluding hydrogens is 372 g/mol. The first kappa shape index (κ1) is 26.5. The predicted octanol–water partition coefficient (Wildman–Crippen LogP) is 10.6. The van der Waals surface area contributed by atoms with E-state index in [0.29, 0.717) is 5.41 Å². The summed E-state index contributed by atoms with van der Waals surface area (Å²) >= 11 is 0. The van der Waals surface area contributed by atoms with Crippen molar-refractivity contribution in [1.29, 1.82) is 0 Å². The minimum absolute atomic E-state index is 0.490. The molecule has 0 radical (unpaired) electrons. The van der Waals surface area contributed by atoms with Crippen LogP contribution in [-0.4, -0.2) is 0 Å². The number of benzene rings is 1. The molecule has 0 bridgehead atoms. The summed E-state index contributed by atoms with van der Waals surface area (Å²) in [5, 5.41) is 0. The largest absolute Gasteiger partial charge is 0.0654 e. The summed E-state index contributed by atoms with van der Waals surface area (Å²) in [6.07, 6.45) is 29.8. The standard InChI is InChI=1S/C31H54/c1-4-6-8-10-12-14-17-21-29-22-23-30(27-28(29)3)31(25-19-16-20-26-31)24-18-15-13-11-9-7-5-2/h22-23,27H,4-21,24-26H2,1-3H3. The minimum Gasteiger partial charge on any atom is -0.0654 e. The molecule has 1 aliphatic rings. The van der Waals surface area contributed by atoms with Crippen LogP contribution in [0.4, 0.5) is 0 Å². The fourth-order valence-corrected chi connectivity index (χ4v) is 5.91. The van der Waals surface area contributed by atoms with E-state index in [1.165, 1.54) is 135 Å². The van der Waals surface area contributed by atoms with E-state index >= 15 is 0 Å². The van der Waals surface area contributed by atoms with Gasteiger partial charge in [-0.2, -0.15) is 0 Å². The zero-order valence-corrected chi connectivity index (χ0v) is 21.6. The summed E-state index contributed by atoms with van der Waals surface area (Å²) in [6, 6.07) is 7.64. The second-order valence-electron chi connectivity index (χ2n) is 10.7. The van der Waals surface area contributed by atoms with Crippen molar-refractivity contribution in [2.45, 2.75) is 161 Å². The lowest BCUT2D eigenvalue weighted by atomic mass is 9.66. The van der Waals surface area contributed by atoms with Gasteiger partial charge < -0.3 is 0 Å². The van der Waals surface area contributed by atoms with Gasteiger partial charge in [-0.1, -0.05) is 135 Å². The Kier molecular flexibility index (Phi) is 13.6.